The molecule has 3 nitrogen and oxygen atoms in total. The Morgan fingerprint density at radius 1 is 1.09 bits per heavy atom. The van der Waals surface area contributed by atoms with Gasteiger partial charge in [0, 0.05) is 22.6 Å². The van der Waals surface area contributed by atoms with Gasteiger partial charge in [-0.1, -0.05) is 18.2 Å². The number of hydrogen-bond donors (Lipinski definition) is 3. The number of aromatic nitrogens is 1. The monoisotopic (exact) mass is 320 g/mol. The molecule has 0 aliphatic carbocycles. The molecule has 0 aliphatic heterocycles. The molecule has 1 unspecified atom stereocenters. The first-order valence-corrected chi connectivity index (χ1v) is 6.91. The molecule has 1 aromatic heterocycles. The Balaban J connectivity index is 0.00000176. The van der Waals surface area contributed by atoms with Crippen molar-refractivity contribution in [3.63, 3.8) is 0 Å². The van der Waals surface area contributed by atoms with Gasteiger partial charge in [-0.3, -0.25) is 0 Å². The van der Waals surface area contributed by atoms with Crippen LogP contribution in [0.4, 0.5) is 4.39 Å². The molecule has 0 spiro atoms. The highest BCUT2D eigenvalue weighted by Crippen LogP contribution is 2.31. The van der Waals surface area contributed by atoms with Crippen molar-refractivity contribution in [3.8, 4) is 11.3 Å². The number of aliphatic hydroxyl groups excluding tert-OH is 1. The van der Waals surface area contributed by atoms with Crippen molar-refractivity contribution in [2.24, 2.45) is 5.73 Å². The normalized spacial score (nSPS) is 12.1. The predicted molar refractivity (Wildman–Crippen MR) is 89.7 cm³/mol. The van der Waals surface area contributed by atoms with Crippen molar-refractivity contribution in [1.29, 1.82) is 0 Å². The lowest BCUT2D eigenvalue weighted by Crippen LogP contribution is -2.26. The SMILES string of the molecule is Cl.NC(CO)Cc1c(-c2ccc(F)cc2)[nH]c2ccccc12. The van der Waals surface area contributed by atoms with Gasteiger partial charge in [0.15, 0.2) is 0 Å². The van der Waals surface area contributed by atoms with Crippen LogP contribution in [-0.2, 0) is 6.42 Å². The van der Waals surface area contributed by atoms with Crippen LogP contribution in [-0.4, -0.2) is 22.7 Å². The van der Waals surface area contributed by atoms with Gasteiger partial charge in [-0.2, -0.15) is 0 Å². The second-order valence-electron chi connectivity index (χ2n) is 5.18. The number of para-hydroxylation sites is 1. The van der Waals surface area contributed by atoms with Gasteiger partial charge in [-0.25, -0.2) is 4.39 Å². The number of nitrogens with one attached hydrogen (secondary N) is 1. The fourth-order valence-corrected chi connectivity index (χ4v) is 2.60. The summed E-state index contributed by atoms with van der Waals surface area (Å²) in [6.45, 7) is -0.0671. The van der Waals surface area contributed by atoms with E-state index in [2.05, 4.69) is 4.98 Å². The fraction of sp³-hybridized carbons (Fsp3) is 0.176. The molecule has 1 atom stereocenters. The average Bonchev–Trinajstić information content (AvgIpc) is 2.87. The minimum atomic E-state index is -0.316. The van der Waals surface area contributed by atoms with Crippen molar-refractivity contribution in [2.45, 2.75) is 12.5 Å². The molecule has 3 rings (SSSR count). The van der Waals surface area contributed by atoms with Crippen LogP contribution in [0.2, 0.25) is 0 Å². The zero-order valence-electron chi connectivity index (χ0n) is 11.9. The molecule has 0 amide bonds. The summed E-state index contributed by atoms with van der Waals surface area (Å²) in [5, 5.41) is 10.3. The lowest BCUT2D eigenvalue weighted by atomic mass is 9.99. The second kappa shape index (κ2) is 6.92. The van der Waals surface area contributed by atoms with Crippen LogP contribution in [0.5, 0.6) is 0 Å². The number of aromatic amines is 1. The summed E-state index contributed by atoms with van der Waals surface area (Å²) < 4.78 is 13.1. The van der Waals surface area contributed by atoms with Crippen LogP contribution in [0, 0.1) is 5.82 Å². The van der Waals surface area contributed by atoms with Crippen molar-refractivity contribution < 1.29 is 9.50 Å². The first kappa shape index (κ1) is 16.5. The molecule has 0 fully saturated rings. The highest BCUT2D eigenvalue weighted by molar-refractivity contribution is 5.90. The van der Waals surface area contributed by atoms with Crippen LogP contribution >= 0.6 is 12.4 Å². The minimum Gasteiger partial charge on any atom is -0.395 e. The Morgan fingerprint density at radius 2 is 1.77 bits per heavy atom. The first-order chi connectivity index (χ1) is 10.2. The van der Waals surface area contributed by atoms with Crippen LogP contribution < -0.4 is 5.73 Å². The number of halogens is 2. The molecular formula is C17H18ClFN2O. The van der Waals surface area contributed by atoms with E-state index in [1.54, 1.807) is 12.1 Å². The summed E-state index contributed by atoms with van der Waals surface area (Å²) in [7, 11) is 0. The third kappa shape index (κ3) is 3.14. The smallest absolute Gasteiger partial charge is 0.123 e. The lowest BCUT2D eigenvalue weighted by Gasteiger charge is -2.10. The maximum Gasteiger partial charge on any atom is 0.123 e. The molecule has 0 saturated carbocycles. The zero-order valence-corrected chi connectivity index (χ0v) is 12.7. The molecule has 0 radical (unpaired) electrons. The highest BCUT2D eigenvalue weighted by atomic mass is 35.5. The number of nitrogens with two attached hydrogens (primary N) is 1. The largest absolute Gasteiger partial charge is 0.395 e. The standard InChI is InChI=1S/C17H17FN2O.ClH/c18-12-7-5-11(6-8-12)17-15(9-13(19)10-21)14-3-1-2-4-16(14)20-17;/h1-8,13,20-21H,9-10,19H2;1H. The number of fused-ring (bicyclic) bond motifs is 1. The highest BCUT2D eigenvalue weighted by Gasteiger charge is 2.15. The summed E-state index contributed by atoms with van der Waals surface area (Å²) >= 11 is 0. The first-order valence-electron chi connectivity index (χ1n) is 6.91. The molecule has 0 aliphatic rings. The van der Waals surface area contributed by atoms with E-state index in [9.17, 15) is 9.50 Å². The number of rotatable bonds is 4. The molecule has 1 heterocycles. The van der Waals surface area contributed by atoms with Crippen molar-refractivity contribution in [3.05, 3.63) is 59.9 Å². The predicted octanol–water partition coefficient (Wildman–Crippen LogP) is 3.26. The number of benzene rings is 2. The van der Waals surface area contributed by atoms with Crippen molar-refractivity contribution >= 4 is 23.3 Å². The van der Waals surface area contributed by atoms with Gasteiger partial charge >= 0.3 is 0 Å². The number of hydrogen-bond acceptors (Lipinski definition) is 2. The van der Waals surface area contributed by atoms with E-state index in [1.807, 2.05) is 24.3 Å². The Morgan fingerprint density at radius 3 is 2.45 bits per heavy atom. The summed E-state index contributed by atoms with van der Waals surface area (Å²) in [6.07, 6.45) is 0.563. The van der Waals surface area contributed by atoms with Gasteiger partial charge in [0.05, 0.1) is 6.61 Å². The molecule has 5 heteroatoms. The van der Waals surface area contributed by atoms with Gasteiger partial charge in [-0.05, 0) is 47.9 Å². The molecule has 0 saturated heterocycles. The maximum absolute atomic E-state index is 13.1. The van der Waals surface area contributed by atoms with E-state index in [1.165, 1.54) is 12.1 Å². The van der Waals surface area contributed by atoms with E-state index < -0.39 is 0 Å². The van der Waals surface area contributed by atoms with Gasteiger partial charge in [0.2, 0.25) is 0 Å². The summed E-state index contributed by atoms with van der Waals surface area (Å²) in [5.41, 5.74) is 9.81. The van der Waals surface area contributed by atoms with Crippen molar-refractivity contribution in [1.82, 2.24) is 4.98 Å². The average molecular weight is 321 g/mol. The third-order valence-corrected chi connectivity index (χ3v) is 3.65. The molecule has 3 aromatic rings. The van der Waals surface area contributed by atoms with E-state index in [-0.39, 0.29) is 30.9 Å². The van der Waals surface area contributed by atoms with Crippen molar-refractivity contribution in [2.75, 3.05) is 6.61 Å². The number of H-pyrrole nitrogens is 1. The van der Waals surface area contributed by atoms with Gasteiger partial charge < -0.3 is 15.8 Å². The van der Waals surface area contributed by atoms with Crippen LogP contribution in [0.25, 0.3) is 22.2 Å². The van der Waals surface area contributed by atoms with E-state index in [4.69, 9.17) is 5.73 Å². The second-order valence-corrected chi connectivity index (χ2v) is 5.18. The molecule has 4 N–H and O–H groups in total. The zero-order chi connectivity index (χ0) is 14.8. The van der Waals surface area contributed by atoms with E-state index in [0.29, 0.717) is 6.42 Å². The van der Waals surface area contributed by atoms with Crippen LogP contribution in [0.15, 0.2) is 48.5 Å². The Labute approximate surface area is 134 Å². The quantitative estimate of drug-likeness (QED) is 0.691. The number of aliphatic hydroxyl groups is 1. The minimum absolute atomic E-state index is 0. The topological polar surface area (TPSA) is 62.0 Å². The Hall–Kier alpha value is -1.88. The van der Waals surface area contributed by atoms with Gasteiger partial charge in [0.1, 0.15) is 5.82 Å². The molecule has 22 heavy (non-hydrogen) atoms. The summed E-state index contributed by atoms with van der Waals surface area (Å²) in [6, 6.07) is 14.0. The Kier molecular flexibility index (Phi) is 5.19. The molecular weight excluding hydrogens is 303 g/mol. The van der Waals surface area contributed by atoms with E-state index >= 15 is 0 Å². The maximum atomic E-state index is 13.1. The van der Waals surface area contributed by atoms with Gasteiger partial charge in [-0.15, -0.1) is 12.4 Å². The van der Waals surface area contributed by atoms with Gasteiger partial charge in [0.25, 0.3) is 0 Å². The molecule has 116 valence electrons. The van der Waals surface area contributed by atoms with E-state index in [0.717, 1.165) is 27.7 Å². The lowest BCUT2D eigenvalue weighted by molar-refractivity contribution is 0.265. The van der Waals surface area contributed by atoms with Crippen LogP contribution in [0.3, 0.4) is 0 Å². The summed E-state index contributed by atoms with van der Waals surface area (Å²) in [5.74, 6) is -0.261. The Bertz CT molecular complexity index is 755. The third-order valence-electron chi connectivity index (χ3n) is 3.65. The summed E-state index contributed by atoms with van der Waals surface area (Å²) in [4.78, 5) is 3.37. The molecule has 2 aromatic carbocycles. The fourth-order valence-electron chi connectivity index (χ4n) is 2.60. The molecule has 0 bridgehead atoms. The van der Waals surface area contributed by atoms with Crippen LogP contribution in [0.1, 0.15) is 5.56 Å².